The Balaban J connectivity index is 1.93. The van der Waals surface area contributed by atoms with Gasteiger partial charge in [0.1, 0.15) is 0 Å². The molecule has 1 N–H and O–H groups in total. The van der Waals surface area contributed by atoms with Gasteiger partial charge in [-0.25, -0.2) is 4.98 Å². The van der Waals surface area contributed by atoms with E-state index in [2.05, 4.69) is 29.5 Å². The van der Waals surface area contributed by atoms with Gasteiger partial charge >= 0.3 is 0 Å². The van der Waals surface area contributed by atoms with Crippen LogP contribution in [0.25, 0.3) is 0 Å². The third-order valence-corrected chi connectivity index (χ3v) is 3.57. The zero-order chi connectivity index (χ0) is 9.97. The van der Waals surface area contributed by atoms with Crippen LogP contribution >= 0.6 is 11.3 Å². The van der Waals surface area contributed by atoms with Crippen molar-refractivity contribution in [3.63, 3.8) is 0 Å². The Kier molecular flexibility index (Phi) is 3.19. The Labute approximate surface area is 89.8 Å². The summed E-state index contributed by atoms with van der Waals surface area (Å²) in [7, 11) is 0. The van der Waals surface area contributed by atoms with E-state index in [0.29, 0.717) is 6.04 Å². The van der Waals surface area contributed by atoms with Gasteiger partial charge in [-0.2, -0.15) is 0 Å². The fourth-order valence-electron chi connectivity index (χ4n) is 1.60. The zero-order valence-electron chi connectivity index (χ0n) is 8.92. The number of hydrogen-bond acceptors (Lipinski definition) is 3. The summed E-state index contributed by atoms with van der Waals surface area (Å²) in [6.45, 7) is 5.32. The largest absolute Gasteiger partial charge is 0.309 e. The van der Waals surface area contributed by atoms with E-state index < -0.39 is 0 Å². The molecule has 3 heteroatoms. The van der Waals surface area contributed by atoms with Gasteiger partial charge in [0.15, 0.2) is 0 Å². The second kappa shape index (κ2) is 4.41. The number of thiazole rings is 1. The average molecular weight is 210 g/mol. The van der Waals surface area contributed by atoms with E-state index >= 15 is 0 Å². The van der Waals surface area contributed by atoms with Crippen LogP contribution in [-0.4, -0.2) is 11.5 Å². The molecule has 1 aromatic heterocycles. The van der Waals surface area contributed by atoms with E-state index in [1.54, 1.807) is 0 Å². The second-order valence-corrected chi connectivity index (χ2v) is 5.04. The molecular formula is C11H18N2S. The maximum atomic E-state index is 4.66. The van der Waals surface area contributed by atoms with Gasteiger partial charge in [0.25, 0.3) is 0 Å². The van der Waals surface area contributed by atoms with E-state index in [1.165, 1.54) is 30.0 Å². The van der Waals surface area contributed by atoms with Gasteiger partial charge in [-0.1, -0.05) is 6.92 Å². The molecule has 1 fully saturated rings. The van der Waals surface area contributed by atoms with Gasteiger partial charge in [-0.3, -0.25) is 0 Å². The summed E-state index contributed by atoms with van der Waals surface area (Å²) in [6, 6.07) is 0.407. The van der Waals surface area contributed by atoms with Crippen molar-refractivity contribution in [1.82, 2.24) is 10.3 Å². The van der Waals surface area contributed by atoms with Gasteiger partial charge in [-0.05, 0) is 32.2 Å². The van der Waals surface area contributed by atoms with Crippen LogP contribution in [0.3, 0.4) is 0 Å². The lowest BCUT2D eigenvalue weighted by molar-refractivity contribution is 0.584. The number of aromatic nitrogens is 1. The molecule has 0 spiro atoms. The Morgan fingerprint density at radius 3 is 3.07 bits per heavy atom. The predicted molar refractivity (Wildman–Crippen MR) is 60.6 cm³/mol. The minimum absolute atomic E-state index is 0.407. The van der Waals surface area contributed by atoms with Crippen LogP contribution in [0.4, 0.5) is 0 Å². The van der Waals surface area contributed by atoms with Crippen LogP contribution in [0.5, 0.6) is 0 Å². The van der Waals surface area contributed by atoms with Gasteiger partial charge in [0.2, 0.25) is 0 Å². The molecule has 14 heavy (non-hydrogen) atoms. The summed E-state index contributed by atoms with van der Waals surface area (Å²) >= 11 is 1.82. The second-order valence-electron chi connectivity index (χ2n) is 4.09. The van der Waals surface area contributed by atoms with Crippen molar-refractivity contribution in [2.45, 2.75) is 39.2 Å². The van der Waals surface area contributed by atoms with Crippen molar-refractivity contribution in [1.29, 1.82) is 0 Å². The molecule has 1 atom stereocenters. The summed E-state index contributed by atoms with van der Waals surface area (Å²) in [6.07, 6.45) is 4.04. The van der Waals surface area contributed by atoms with Crippen molar-refractivity contribution < 1.29 is 0 Å². The molecule has 0 aliphatic heterocycles. The molecule has 1 aliphatic carbocycles. The standard InChI is InChI=1S/C11H18N2S/c1-3-12-8(2)10-7-14-11(13-10)6-9-4-5-9/h7-9,12H,3-6H2,1-2H3. The monoisotopic (exact) mass is 210 g/mol. The topological polar surface area (TPSA) is 24.9 Å². The van der Waals surface area contributed by atoms with E-state index in [-0.39, 0.29) is 0 Å². The van der Waals surface area contributed by atoms with Crippen LogP contribution in [0.2, 0.25) is 0 Å². The minimum atomic E-state index is 0.407. The fraction of sp³-hybridized carbons (Fsp3) is 0.727. The molecule has 1 aliphatic rings. The smallest absolute Gasteiger partial charge is 0.0931 e. The van der Waals surface area contributed by atoms with Crippen LogP contribution in [0.1, 0.15) is 43.4 Å². The van der Waals surface area contributed by atoms with E-state index in [0.717, 1.165) is 12.5 Å². The number of nitrogens with one attached hydrogen (secondary N) is 1. The molecular weight excluding hydrogens is 192 g/mol. The fourth-order valence-corrected chi connectivity index (χ4v) is 2.60. The first kappa shape index (κ1) is 10.1. The lowest BCUT2D eigenvalue weighted by atomic mass is 10.2. The lowest BCUT2D eigenvalue weighted by Crippen LogP contribution is -2.17. The Bertz CT molecular complexity index is 291. The normalized spacial score (nSPS) is 18.4. The molecule has 0 aromatic carbocycles. The van der Waals surface area contributed by atoms with Crippen molar-refractivity contribution in [3.8, 4) is 0 Å². The first-order valence-electron chi connectivity index (χ1n) is 5.47. The summed E-state index contributed by atoms with van der Waals surface area (Å²) in [5, 5.41) is 6.91. The summed E-state index contributed by atoms with van der Waals surface area (Å²) in [5.41, 5.74) is 1.22. The molecule has 1 aromatic rings. The molecule has 1 heterocycles. The maximum absolute atomic E-state index is 4.66. The molecule has 2 rings (SSSR count). The molecule has 2 nitrogen and oxygen atoms in total. The number of nitrogens with zero attached hydrogens (tertiary/aromatic N) is 1. The van der Waals surface area contributed by atoms with E-state index in [4.69, 9.17) is 0 Å². The van der Waals surface area contributed by atoms with Crippen molar-refractivity contribution in [2.75, 3.05) is 6.54 Å². The third-order valence-electron chi connectivity index (χ3n) is 2.68. The molecule has 78 valence electrons. The predicted octanol–water partition coefficient (Wildman–Crippen LogP) is 2.77. The van der Waals surface area contributed by atoms with Crippen LogP contribution in [-0.2, 0) is 6.42 Å². The summed E-state index contributed by atoms with van der Waals surface area (Å²) in [5.74, 6) is 0.948. The highest BCUT2D eigenvalue weighted by molar-refractivity contribution is 7.09. The third kappa shape index (κ3) is 2.55. The van der Waals surface area contributed by atoms with Gasteiger partial charge < -0.3 is 5.32 Å². The van der Waals surface area contributed by atoms with Crippen LogP contribution in [0, 0.1) is 5.92 Å². The lowest BCUT2D eigenvalue weighted by Gasteiger charge is -2.08. The number of hydrogen-bond donors (Lipinski definition) is 1. The molecule has 0 radical (unpaired) electrons. The summed E-state index contributed by atoms with van der Waals surface area (Å²) in [4.78, 5) is 4.66. The minimum Gasteiger partial charge on any atom is -0.309 e. The maximum Gasteiger partial charge on any atom is 0.0931 e. The highest BCUT2D eigenvalue weighted by atomic mass is 32.1. The van der Waals surface area contributed by atoms with Crippen LogP contribution < -0.4 is 5.32 Å². The highest BCUT2D eigenvalue weighted by Crippen LogP contribution is 2.33. The van der Waals surface area contributed by atoms with Gasteiger partial charge in [0, 0.05) is 17.8 Å². The molecule has 1 saturated carbocycles. The Hall–Kier alpha value is -0.410. The average Bonchev–Trinajstić information content (AvgIpc) is 2.82. The van der Waals surface area contributed by atoms with Crippen molar-refractivity contribution in [3.05, 3.63) is 16.1 Å². The summed E-state index contributed by atoms with van der Waals surface area (Å²) < 4.78 is 0. The highest BCUT2D eigenvalue weighted by Gasteiger charge is 2.23. The number of rotatable bonds is 5. The zero-order valence-corrected chi connectivity index (χ0v) is 9.73. The first-order valence-corrected chi connectivity index (χ1v) is 6.35. The molecule has 0 amide bonds. The van der Waals surface area contributed by atoms with E-state index in [1.807, 2.05) is 11.3 Å². The van der Waals surface area contributed by atoms with E-state index in [9.17, 15) is 0 Å². The van der Waals surface area contributed by atoms with Crippen LogP contribution in [0.15, 0.2) is 5.38 Å². The molecule has 0 saturated heterocycles. The SMILES string of the molecule is CCNC(C)c1csc(CC2CC2)n1. The van der Waals surface area contributed by atoms with Gasteiger partial charge in [-0.15, -0.1) is 11.3 Å². The first-order chi connectivity index (χ1) is 6.79. The molecule has 1 unspecified atom stereocenters. The Morgan fingerprint density at radius 2 is 2.43 bits per heavy atom. The molecule has 0 bridgehead atoms. The quantitative estimate of drug-likeness (QED) is 0.808. The van der Waals surface area contributed by atoms with Crippen molar-refractivity contribution in [2.24, 2.45) is 5.92 Å². The van der Waals surface area contributed by atoms with Crippen molar-refractivity contribution >= 4 is 11.3 Å². The Morgan fingerprint density at radius 1 is 1.64 bits per heavy atom. The van der Waals surface area contributed by atoms with Gasteiger partial charge in [0.05, 0.1) is 10.7 Å².